The minimum atomic E-state index is 0.473. The van der Waals surface area contributed by atoms with Gasteiger partial charge in [0.15, 0.2) is 11.5 Å². The van der Waals surface area contributed by atoms with E-state index in [1.807, 2.05) is 0 Å². The SMILES string of the molecule is COc1cc2c(cc1OC)[C@@H]1CN(CC(C)C)[C@H](CC(C)C)CN1CC2. The quantitative estimate of drug-likeness (QED) is 0.766. The van der Waals surface area contributed by atoms with E-state index in [-0.39, 0.29) is 0 Å². The number of hydrogen-bond acceptors (Lipinski definition) is 4. The van der Waals surface area contributed by atoms with E-state index < -0.39 is 0 Å². The Bertz CT molecular complexity index is 614. The van der Waals surface area contributed by atoms with E-state index in [4.69, 9.17) is 9.47 Å². The highest BCUT2D eigenvalue weighted by Gasteiger charge is 2.38. The smallest absolute Gasteiger partial charge is 0.161 e. The molecule has 0 radical (unpaired) electrons. The highest BCUT2D eigenvalue weighted by molar-refractivity contribution is 5.49. The van der Waals surface area contributed by atoms with Crippen molar-refractivity contribution in [3.8, 4) is 11.5 Å². The molecule has 1 aromatic carbocycles. The van der Waals surface area contributed by atoms with Gasteiger partial charge >= 0.3 is 0 Å². The average Bonchev–Trinajstić information content (AvgIpc) is 2.60. The second kappa shape index (κ2) is 8.18. The van der Waals surface area contributed by atoms with Crippen LogP contribution in [0.25, 0.3) is 0 Å². The van der Waals surface area contributed by atoms with Crippen LogP contribution in [0.5, 0.6) is 11.5 Å². The Morgan fingerprint density at radius 3 is 2.31 bits per heavy atom. The fourth-order valence-electron chi connectivity index (χ4n) is 4.73. The molecule has 2 heterocycles. The second-order valence-corrected chi connectivity index (χ2v) is 8.80. The summed E-state index contributed by atoms with van der Waals surface area (Å²) >= 11 is 0. The molecule has 4 nitrogen and oxygen atoms in total. The van der Waals surface area contributed by atoms with Gasteiger partial charge in [0, 0.05) is 38.3 Å². The molecule has 4 heteroatoms. The lowest BCUT2D eigenvalue weighted by atomic mass is 9.87. The predicted octanol–water partition coefficient (Wildman–Crippen LogP) is 3.99. The van der Waals surface area contributed by atoms with Crippen molar-refractivity contribution in [2.45, 2.75) is 52.6 Å². The Hall–Kier alpha value is -1.26. The molecule has 1 aromatic rings. The standard InChI is InChI=1S/C22H36N2O2/c1-15(2)9-18-13-23-8-7-17-10-21(25-5)22(26-6)11-19(17)20(23)14-24(18)12-16(3)4/h10-11,15-16,18,20H,7-9,12-14H2,1-6H3/t18-,20+/m1/s1. The molecule has 0 aromatic heterocycles. The van der Waals surface area contributed by atoms with E-state index in [2.05, 4.69) is 49.6 Å². The van der Waals surface area contributed by atoms with Crippen LogP contribution in [0.1, 0.15) is 51.3 Å². The average molecular weight is 361 g/mol. The molecular weight excluding hydrogens is 324 g/mol. The summed E-state index contributed by atoms with van der Waals surface area (Å²) in [6.07, 6.45) is 2.39. The summed E-state index contributed by atoms with van der Waals surface area (Å²) in [5.74, 6) is 3.15. The summed E-state index contributed by atoms with van der Waals surface area (Å²) in [5.41, 5.74) is 2.86. The molecule has 0 N–H and O–H groups in total. The summed E-state index contributed by atoms with van der Waals surface area (Å²) in [4.78, 5) is 5.45. The van der Waals surface area contributed by atoms with Crippen LogP contribution in [0.3, 0.4) is 0 Å². The van der Waals surface area contributed by atoms with E-state index in [1.54, 1.807) is 14.2 Å². The topological polar surface area (TPSA) is 24.9 Å². The third-order valence-corrected chi connectivity index (χ3v) is 5.83. The normalized spacial score (nSPS) is 23.8. The Morgan fingerprint density at radius 1 is 1.00 bits per heavy atom. The molecule has 0 spiro atoms. The van der Waals surface area contributed by atoms with Crippen molar-refractivity contribution in [3.05, 3.63) is 23.3 Å². The van der Waals surface area contributed by atoms with Crippen molar-refractivity contribution in [2.75, 3.05) is 40.4 Å². The van der Waals surface area contributed by atoms with Crippen LogP contribution >= 0.6 is 0 Å². The van der Waals surface area contributed by atoms with Crippen molar-refractivity contribution in [1.29, 1.82) is 0 Å². The molecule has 2 aliphatic heterocycles. The largest absolute Gasteiger partial charge is 0.493 e. The Morgan fingerprint density at radius 2 is 1.69 bits per heavy atom. The molecule has 0 aliphatic carbocycles. The lowest BCUT2D eigenvalue weighted by Gasteiger charge is -2.50. The van der Waals surface area contributed by atoms with Gasteiger partial charge in [-0.1, -0.05) is 27.7 Å². The summed E-state index contributed by atoms with van der Waals surface area (Å²) in [6, 6.07) is 5.57. The maximum Gasteiger partial charge on any atom is 0.161 e. The summed E-state index contributed by atoms with van der Waals surface area (Å²) in [5, 5.41) is 0. The van der Waals surface area contributed by atoms with E-state index >= 15 is 0 Å². The van der Waals surface area contributed by atoms with Crippen molar-refractivity contribution in [1.82, 2.24) is 9.80 Å². The number of benzene rings is 1. The monoisotopic (exact) mass is 360 g/mol. The van der Waals surface area contributed by atoms with Crippen molar-refractivity contribution in [3.63, 3.8) is 0 Å². The fourth-order valence-corrected chi connectivity index (χ4v) is 4.73. The number of hydrogen-bond donors (Lipinski definition) is 0. The number of piperazine rings is 1. The maximum atomic E-state index is 5.59. The first-order valence-corrected chi connectivity index (χ1v) is 10.2. The van der Waals surface area contributed by atoms with Crippen molar-refractivity contribution >= 4 is 0 Å². The third-order valence-electron chi connectivity index (χ3n) is 5.83. The molecule has 3 rings (SSSR count). The summed E-state index contributed by atoms with van der Waals surface area (Å²) in [7, 11) is 3.45. The van der Waals surface area contributed by atoms with Crippen molar-refractivity contribution in [2.24, 2.45) is 11.8 Å². The van der Waals surface area contributed by atoms with Gasteiger partial charge in [-0.2, -0.15) is 0 Å². The summed E-state index contributed by atoms with van der Waals surface area (Å²) in [6.45, 7) is 14.0. The van der Waals surface area contributed by atoms with E-state index in [9.17, 15) is 0 Å². The lowest BCUT2D eigenvalue weighted by Crippen LogP contribution is -2.57. The molecule has 0 saturated carbocycles. The second-order valence-electron chi connectivity index (χ2n) is 8.80. The van der Waals surface area contributed by atoms with Gasteiger partial charge in [0.1, 0.15) is 0 Å². The molecule has 0 unspecified atom stereocenters. The predicted molar refractivity (Wildman–Crippen MR) is 107 cm³/mol. The van der Waals surface area contributed by atoms with E-state index in [0.717, 1.165) is 36.9 Å². The maximum absolute atomic E-state index is 5.59. The first kappa shape index (κ1) is 19.5. The van der Waals surface area contributed by atoms with Crippen LogP contribution in [-0.4, -0.2) is 56.2 Å². The van der Waals surface area contributed by atoms with Gasteiger partial charge in [-0.3, -0.25) is 9.80 Å². The zero-order chi connectivity index (χ0) is 18.8. The molecular formula is C22H36N2O2. The zero-order valence-electron chi connectivity index (χ0n) is 17.4. The van der Waals surface area contributed by atoms with Crippen LogP contribution in [0, 0.1) is 11.8 Å². The first-order chi connectivity index (χ1) is 12.4. The molecule has 2 atom stereocenters. The van der Waals surface area contributed by atoms with E-state index in [1.165, 1.54) is 30.6 Å². The fraction of sp³-hybridized carbons (Fsp3) is 0.727. The summed E-state index contributed by atoms with van der Waals surface area (Å²) < 4.78 is 11.1. The van der Waals surface area contributed by atoms with Crippen LogP contribution < -0.4 is 9.47 Å². The van der Waals surface area contributed by atoms with Gasteiger partial charge in [-0.05, 0) is 47.9 Å². The number of fused-ring (bicyclic) bond motifs is 3. The van der Waals surface area contributed by atoms with Gasteiger partial charge in [0.25, 0.3) is 0 Å². The molecule has 146 valence electrons. The van der Waals surface area contributed by atoms with Crippen LogP contribution in [0.2, 0.25) is 0 Å². The zero-order valence-corrected chi connectivity index (χ0v) is 17.4. The van der Waals surface area contributed by atoms with Gasteiger partial charge in [0.2, 0.25) is 0 Å². The third kappa shape index (κ3) is 4.01. The number of methoxy groups -OCH3 is 2. The Kier molecular flexibility index (Phi) is 6.13. The van der Waals surface area contributed by atoms with E-state index in [0.29, 0.717) is 18.0 Å². The van der Waals surface area contributed by atoms with Crippen LogP contribution in [0.4, 0.5) is 0 Å². The Balaban J connectivity index is 1.89. The van der Waals surface area contributed by atoms with Gasteiger partial charge in [0.05, 0.1) is 14.2 Å². The molecule has 1 fully saturated rings. The van der Waals surface area contributed by atoms with Gasteiger partial charge in [-0.15, -0.1) is 0 Å². The van der Waals surface area contributed by atoms with Crippen LogP contribution in [-0.2, 0) is 6.42 Å². The number of nitrogens with zero attached hydrogens (tertiary/aromatic N) is 2. The van der Waals surface area contributed by atoms with Gasteiger partial charge in [-0.25, -0.2) is 0 Å². The lowest BCUT2D eigenvalue weighted by molar-refractivity contribution is 0.00769. The number of rotatable bonds is 6. The molecule has 0 bridgehead atoms. The Labute approximate surface area is 159 Å². The minimum absolute atomic E-state index is 0.473. The van der Waals surface area contributed by atoms with Crippen LogP contribution in [0.15, 0.2) is 12.1 Å². The number of ether oxygens (including phenoxy) is 2. The molecule has 26 heavy (non-hydrogen) atoms. The molecule has 0 amide bonds. The first-order valence-electron chi connectivity index (χ1n) is 10.2. The highest BCUT2D eigenvalue weighted by Crippen LogP contribution is 2.40. The van der Waals surface area contributed by atoms with Crippen molar-refractivity contribution < 1.29 is 9.47 Å². The minimum Gasteiger partial charge on any atom is -0.493 e. The molecule has 2 aliphatic rings. The highest BCUT2D eigenvalue weighted by atomic mass is 16.5. The van der Waals surface area contributed by atoms with Gasteiger partial charge < -0.3 is 9.47 Å². The molecule has 1 saturated heterocycles.